The molecular weight excluding hydrogens is 496 g/mol. The van der Waals surface area contributed by atoms with Crippen molar-refractivity contribution in [3.05, 3.63) is 80.8 Å². The zero-order chi connectivity index (χ0) is 20.6. The van der Waals surface area contributed by atoms with E-state index in [-0.39, 0.29) is 23.4 Å². The molecule has 4 unspecified atom stereocenters. The fraction of sp³-hybridized carbons (Fsp3) is 0.348. The molecule has 3 aliphatic rings. The Labute approximate surface area is 188 Å². The van der Waals surface area contributed by atoms with E-state index in [4.69, 9.17) is 4.99 Å². The molecule has 4 atom stereocenters. The molecule has 3 N–H and O–H groups in total. The number of aliphatic imine (C=N–C) groups is 1. The van der Waals surface area contributed by atoms with Gasteiger partial charge in [-0.15, -0.1) is 0 Å². The van der Waals surface area contributed by atoms with Crippen LogP contribution in [0.1, 0.15) is 31.4 Å². The largest absolute Gasteiger partial charge is 0.368 e. The number of benzene rings is 1. The standard InChI is InChI=1S/C23H24Br2N2O2/c1-23(16-10-12-17(24)13-11-16)20(18-4-2-3-5-19(18)25)26-21(27-23)14-6-8-15(9-7-14)22(28)29/h2-8,10,12-13,15-16,20,22,28-29H,9,11H2,1H3,(H,26,27). The topological polar surface area (TPSA) is 64.8 Å². The first-order valence-corrected chi connectivity index (χ1v) is 11.4. The maximum absolute atomic E-state index is 9.43. The zero-order valence-corrected chi connectivity index (χ0v) is 19.3. The summed E-state index contributed by atoms with van der Waals surface area (Å²) in [6, 6.07) is 8.20. The van der Waals surface area contributed by atoms with Gasteiger partial charge in [0.15, 0.2) is 6.29 Å². The van der Waals surface area contributed by atoms with E-state index in [1.165, 1.54) is 0 Å². The third kappa shape index (κ3) is 4.08. The molecule has 0 saturated heterocycles. The molecule has 4 rings (SSSR count). The highest BCUT2D eigenvalue weighted by atomic mass is 79.9. The van der Waals surface area contributed by atoms with Crippen LogP contribution in [-0.2, 0) is 0 Å². The minimum Gasteiger partial charge on any atom is -0.368 e. The molecular formula is C23H24Br2N2O2. The van der Waals surface area contributed by atoms with Crippen LogP contribution in [0.4, 0.5) is 0 Å². The van der Waals surface area contributed by atoms with Crippen molar-refractivity contribution in [2.45, 2.75) is 37.6 Å². The number of allylic oxidation sites excluding steroid dienone is 4. The van der Waals surface area contributed by atoms with E-state index in [1.807, 2.05) is 30.4 Å². The molecule has 4 nitrogen and oxygen atoms in total. The second-order valence-electron chi connectivity index (χ2n) is 7.93. The number of hydrogen-bond acceptors (Lipinski definition) is 4. The molecule has 0 fully saturated rings. The summed E-state index contributed by atoms with van der Waals surface area (Å²) in [5.74, 6) is 0.870. The van der Waals surface area contributed by atoms with Gasteiger partial charge in [0.1, 0.15) is 11.9 Å². The Hall–Kier alpha value is -1.47. The number of aliphatic hydroxyl groups excluding tert-OH is 1. The van der Waals surface area contributed by atoms with Gasteiger partial charge in [0.25, 0.3) is 0 Å². The normalized spacial score (nSPS) is 31.4. The fourth-order valence-electron chi connectivity index (χ4n) is 4.22. The van der Waals surface area contributed by atoms with Crippen LogP contribution in [0, 0.1) is 11.8 Å². The predicted molar refractivity (Wildman–Crippen MR) is 124 cm³/mol. The molecule has 1 heterocycles. The minimum absolute atomic E-state index is 0.0524. The maximum atomic E-state index is 9.43. The summed E-state index contributed by atoms with van der Waals surface area (Å²) in [6.45, 7) is 2.24. The van der Waals surface area contributed by atoms with Crippen LogP contribution in [0.3, 0.4) is 0 Å². The van der Waals surface area contributed by atoms with E-state index >= 15 is 0 Å². The number of aliphatic hydroxyl groups is 2. The monoisotopic (exact) mass is 518 g/mol. The van der Waals surface area contributed by atoms with Crippen LogP contribution >= 0.6 is 31.9 Å². The fourth-order valence-corrected chi connectivity index (χ4v) is 5.06. The molecule has 2 aliphatic carbocycles. The first-order valence-electron chi connectivity index (χ1n) is 9.77. The van der Waals surface area contributed by atoms with Crippen molar-refractivity contribution in [2.24, 2.45) is 16.8 Å². The van der Waals surface area contributed by atoms with Crippen LogP contribution < -0.4 is 5.32 Å². The lowest BCUT2D eigenvalue weighted by atomic mass is 9.74. The van der Waals surface area contributed by atoms with Gasteiger partial charge in [0.2, 0.25) is 0 Å². The molecule has 1 aromatic rings. The Morgan fingerprint density at radius 3 is 2.52 bits per heavy atom. The van der Waals surface area contributed by atoms with Crippen LogP contribution in [0.2, 0.25) is 0 Å². The Kier molecular flexibility index (Phi) is 5.98. The Balaban J connectivity index is 1.69. The van der Waals surface area contributed by atoms with Gasteiger partial charge in [-0.05, 0) is 31.4 Å². The lowest BCUT2D eigenvalue weighted by Gasteiger charge is -2.38. The van der Waals surface area contributed by atoms with E-state index < -0.39 is 6.29 Å². The first kappa shape index (κ1) is 20.8. The summed E-state index contributed by atoms with van der Waals surface area (Å²) in [6.07, 6.45) is 12.6. The van der Waals surface area contributed by atoms with Gasteiger partial charge >= 0.3 is 0 Å². The van der Waals surface area contributed by atoms with Gasteiger partial charge in [-0.3, -0.25) is 4.99 Å². The molecule has 0 radical (unpaired) electrons. The number of hydrogen-bond donors (Lipinski definition) is 3. The van der Waals surface area contributed by atoms with Crippen LogP contribution in [-0.4, -0.2) is 27.9 Å². The van der Waals surface area contributed by atoms with Gasteiger partial charge in [-0.2, -0.15) is 0 Å². The smallest absolute Gasteiger partial charge is 0.158 e. The van der Waals surface area contributed by atoms with E-state index in [1.54, 1.807) is 0 Å². The Morgan fingerprint density at radius 2 is 1.90 bits per heavy atom. The Morgan fingerprint density at radius 1 is 1.10 bits per heavy atom. The van der Waals surface area contributed by atoms with Crippen molar-refractivity contribution < 1.29 is 10.2 Å². The number of nitrogens with zero attached hydrogens (tertiary/aromatic N) is 1. The SMILES string of the molecule is CC1(C2C=CC(Br)=CC2)NC(C2=CCC(C(O)O)C=C2)=NC1c1ccccc1Br. The van der Waals surface area contributed by atoms with Crippen molar-refractivity contribution in [1.29, 1.82) is 0 Å². The van der Waals surface area contributed by atoms with E-state index in [0.717, 1.165) is 32.3 Å². The number of nitrogens with one attached hydrogen (secondary N) is 1. The highest BCUT2D eigenvalue weighted by Crippen LogP contribution is 2.45. The number of rotatable bonds is 4. The maximum Gasteiger partial charge on any atom is 0.158 e. The number of amidine groups is 1. The van der Waals surface area contributed by atoms with Crippen molar-refractivity contribution in [3.63, 3.8) is 0 Å². The van der Waals surface area contributed by atoms with Gasteiger partial charge in [0.05, 0.1) is 5.54 Å². The molecule has 0 aromatic heterocycles. The van der Waals surface area contributed by atoms with Crippen molar-refractivity contribution in [2.75, 3.05) is 0 Å². The quantitative estimate of drug-likeness (QED) is 0.495. The summed E-state index contributed by atoms with van der Waals surface area (Å²) >= 11 is 7.28. The molecule has 0 amide bonds. The molecule has 1 aromatic carbocycles. The summed E-state index contributed by atoms with van der Waals surface area (Å²) in [5.41, 5.74) is 1.87. The number of halogens is 2. The Bertz CT molecular complexity index is 948. The highest BCUT2D eigenvalue weighted by Gasteiger charge is 2.47. The molecule has 1 aliphatic heterocycles. The second-order valence-corrected chi connectivity index (χ2v) is 9.70. The molecule has 0 spiro atoms. The molecule has 0 saturated carbocycles. The third-order valence-corrected chi connectivity index (χ3v) is 7.34. The summed E-state index contributed by atoms with van der Waals surface area (Å²) in [7, 11) is 0. The average Bonchev–Trinajstić information content (AvgIpc) is 3.07. The molecule has 0 bridgehead atoms. The van der Waals surface area contributed by atoms with Crippen LogP contribution in [0.15, 0.2) is 80.2 Å². The minimum atomic E-state index is -1.33. The molecule has 29 heavy (non-hydrogen) atoms. The third-order valence-electron chi connectivity index (χ3n) is 6.03. The van der Waals surface area contributed by atoms with Crippen LogP contribution in [0.5, 0.6) is 0 Å². The first-order chi connectivity index (χ1) is 13.9. The van der Waals surface area contributed by atoms with Crippen molar-refractivity contribution in [1.82, 2.24) is 5.32 Å². The summed E-state index contributed by atoms with van der Waals surface area (Å²) < 4.78 is 2.16. The van der Waals surface area contributed by atoms with Crippen molar-refractivity contribution in [3.8, 4) is 0 Å². The highest BCUT2D eigenvalue weighted by molar-refractivity contribution is 9.12. The van der Waals surface area contributed by atoms with Crippen LogP contribution in [0.25, 0.3) is 0 Å². The average molecular weight is 520 g/mol. The van der Waals surface area contributed by atoms with E-state index in [2.05, 4.69) is 74.5 Å². The molecule has 152 valence electrons. The van der Waals surface area contributed by atoms with Gasteiger partial charge in [0, 0.05) is 26.4 Å². The zero-order valence-electron chi connectivity index (χ0n) is 16.1. The van der Waals surface area contributed by atoms with E-state index in [9.17, 15) is 10.2 Å². The van der Waals surface area contributed by atoms with Gasteiger partial charge < -0.3 is 15.5 Å². The second kappa shape index (κ2) is 8.34. The predicted octanol–water partition coefficient (Wildman–Crippen LogP) is 4.92. The summed E-state index contributed by atoms with van der Waals surface area (Å²) in [4.78, 5) is 5.12. The van der Waals surface area contributed by atoms with Gasteiger partial charge in [-0.25, -0.2) is 0 Å². The van der Waals surface area contributed by atoms with Gasteiger partial charge in [-0.1, -0.05) is 86.5 Å². The summed E-state index contributed by atoms with van der Waals surface area (Å²) in [5, 5.41) is 22.6. The van der Waals surface area contributed by atoms with E-state index in [0.29, 0.717) is 6.42 Å². The lowest BCUT2D eigenvalue weighted by molar-refractivity contribution is -0.0693. The lowest BCUT2D eigenvalue weighted by Crippen LogP contribution is -2.50. The van der Waals surface area contributed by atoms with Crippen molar-refractivity contribution >= 4 is 37.7 Å². The molecule has 6 heteroatoms.